The van der Waals surface area contributed by atoms with Crippen LogP contribution in [0.2, 0.25) is 0 Å². The number of fused-ring (bicyclic) bond motifs is 1. The standard InChI is InChI=1S/C12H13N3OS/c16-10-7-15-12(17-8-10)13-11(14-15)6-9-4-2-1-3-5-9/h1-5,10,16H,6-8H2/t10-/m0/s1. The van der Waals surface area contributed by atoms with Crippen LogP contribution in [0.25, 0.3) is 0 Å². The number of nitrogens with zero attached hydrogens (tertiary/aromatic N) is 3. The van der Waals surface area contributed by atoms with E-state index >= 15 is 0 Å². The molecule has 5 heteroatoms. The molecule has 88 valence electrons. The van der Waals surface area contributed by atoms with E-state index < -0.39 is 0 Å². The Morgan fingerprint density at radius 1 is 1.35 bits per heavy atom. The molecule has 0 bridgehead atoms. The van der Waals surface area contributed by atoms with Crippen LogP contribution < -0.4 is 0 Å². The first-order chi connectivity index (χ1) is 8.31. The second-order valence-corrected chi connectivity index (χ2v) is 5.11. The molecular formula is C12H13N3OS. The van der Waals surface area contributed by atoms with Crippen molar-refractivity contribution >= 4 is 11.8 Å². The molecule has 0 radical (unpaired) electrons. The Bertz CT molecular complexity index is 512. The third-order valence-corrected chi connectivity index (χ3v) is 3.79. The Morgan fingerprint density at radius 3 is 3.00 bits per heavy atom. The molecule has 1 aliphatic heterocycles. The van der Waals surface area contributed by atoms with E-state index in [-0.39, 0.29) is 6.10 Å². The van der Waals surface area contributed by atoms with Crippen LogP contribution in [0.15, 0.2) is 35.5 Å². The lowest BCUT2D eigenvalue weighted by molar-refractivity contribution is 0.164. The molecule has 17 heavy (non-hydrogen) atoms. The molecule has 1 aromatic heterocycles. The highest BCUT2D eigenvalue weighted by Crippen LogP contribution is 2.23. The summed E-state index contributed by atoms with van der Waals surface area (Å²) in [6.07, 6.45) is 0.441. The summed E-state index contributed by atoms with van der Waals surface area (Å²) in [7, 11) is 0. The number of hydrogen-bond donors (Lipinski definition) is 1. The largest absolute Gasteiger partial charge is 0.390 e. The number of aliphatic hydroxyl groups excluding tert-OH is 1. The van der Waals surface area contributed by atoms with Crippen LogP contribution in [0.3, 0.4) is 0 Å². The minimum absolute atomic E-state index is 0.307. The third-order valence-electron chi connectivity index (χ3n) is 2.68. The van der Waals surface area contributed by atoms with Gasteiger partial charge in [-0.25, -0.2) is 9.67 Å². The first-order valence-corrected chi connectivity index (χ1v) is 6.58. The van der Waals surface area contributed by atoms with Gasteiger partial charge >= 0.3 is 0 Å². The summed E-state index contributed by atoms with van der Waals surface area (Å²) in [5, 5.41) is 14.9. The Hall–Kier alpha value is -1.33. The van der Waals surface area contributed by atoms with Gasteiger partial charge in [0.25, 0.3) is 0 Å². The fourth-order valence-electron chi connectivity index (χ4n) is 1.87. The Balaban J connectivity index is 1.81. The van der Waals surface area contributed by atoms with Gasteiger partial charge in [0.05, 0.1) is 12.6 Å². The van der Waals surface area contributed by atoms with Crippen molar-refractivity contribution in [1.29, 1.82) is 0 Å². The highest BCUT2D eigenvalue weighted by molar-refractivity contribution is 7.99. The molecule has 1 N–H and O–H groups in total. The van der Waals surface area contributed by atoms with Crippen LogP contribution in [0.5, 0.6) is 0 Å². The maximum atomic E-state index is 9.55. The van der Waals surface area contributed by atoms with Gasteiger partial charge in [-0.1, -0.05) is 42.1 Å². The van der Waals surface area contributed by atoms with Crippen LogP contribution in [0.4, 0.5) is 0 Å². The van der Waals surface area contributed by atoms with E-state index in [0.29, 0.717) is 12.3 Å². The van der Waals surface area contributed by atoms with Crippen LogP contribution in [0, 0.1) is 0 Å². The minimum atomic E-state index is -0.307. The second kappa shape index (κ2) is 4.50. The number of benzene rings is 1. The second-order valence-electron chi connectivity index (χ2n) is 4.12. The molecule has 1 aromatic carbocycles. The molecule has 3 rings (SSSR count). The van der Waals surface area contributed by atoms with Crippen molar-refractivity contribution in [3.63, 3.8) is 0 Å². The van der Waals surface area contributed by atoms with Crippen LogP contribution >= 0.6 is 11.8 Å². The van der Waals surface area contributed by atoms with Gasteiger partial charge in [-0.15, -0.1) is 0 Å². The van der Waals surface area contributed by atoms with Crippen molar-refractivity contribution in [2.75, 3.05) is 5.75 Å². The fraction of sp³-hybridized carbons (Fsp3) is 0.333. The first kappa shape index (κ1) is 10.8. The monoisotopic (exact) mass is 247 g/mol. The van der Waals surface area contributed by atoms with Crippen molar-refractivity contribution in [2.24, 2.45) is 0 Å². The summed E-state index contributed by atoms with van der Waals surface area (Å²) in [5.41, 5.74) is 1.21. The topological polar surface area (TPSA) is 50.9 Å². The molecule has 4 nitrogen and oxygen atoms in total. The molecule has 0 unspecified atom stereocenters. The van der Waals surface area contributed by atoms with Gasteiger partial charge in [0.15, 0.2) is 11.0 Å². The van der Waals surface area contributed by atoms with Gasteiger partial charge in [-0.2, -0.15) is 5.10 Å². The molecular weight excluding hydrogens is 234 g/mol. The maximum Gasteiger partial charge on any atom is 0.186 e. The summed E-state index contributed by atoms with van der Waals surface area (Å²) < 4.78 is 1.80. The number of aromatic nitrogens is 3. The van der Waals surface area contributed by atoms with Crippen LogP contribution in [-0.4, -0.2) is 31.7 Å². The molecule has 0 fully saturated rings. The van der Waals surface area contributed by atoms with E-state index in [1.807, 2.05) is 18.2 Å². The Morgan fingerprint density at radius 2 is 2.18 bits per heavy atom. The molecule has 0 amide bonds. The average molecular weight is 247 g/mol. The summed E-state index contributed by atoms with van der Waals surface area (Å²) in [6.45, 7) is 0.560. The van der Waals surface area contributed by atoms with Crippen molar-refractivity contribution in [1.82, 2.24) is 14.8 Å². The predicted molar refractivity (Wildman–Crippen MR) is 66.0 cm³/mol. The molecule has 1 aliphatic rings. The van der Waals surface area contributed by atoms with Gasteiger partial charge < -0.3 is 5.11 Å². The third kappa shape index (κ3) is 2.35. The zero-order valence-electron chi connectivity index (χ0n) is 9.28. The number of aliphatic hydroxyl groups is 1. The highest BCUT2D eigenvalue weighted by Gasteiger charge is 2.20. The van der Waals surface area contributed by atoms with Gasteiger partial charge in [0.2, 0.25) is 0 Å². The lowest BCUT2D eigenvalue weighted by atomic mass is 10.1. The molecule has 0 aliphatic carbocycles. The van der Waals surface area contributed by atoms with Crippen molar-refractivity contribution < 1.29 is 5.11 Å². The van der Waals surface area contributed by atoms with E-state index in [1.54, 1.807) is 16.4 Å². The summed E-state index contributed by atoms with van der Waals surface area (Å²) in [5.74, 6) is 1.54. The Labute approximate surface area is 104 Å². The average Bonchev–Trinajstić information content (AvgIpc) is 2.71. The van der Waals surface area contributed by atoms with E-state index in [4.69, 9.17) is 0 Å². The quantitative estimate of drug-likeness (QED) is 0.870. The van der Waals surface area contributed by atoms with Crippen molar-refractivity contribution in [3.8, 4) is 0 Å². The van der Waals surface area contributed by atoms with Crippen molar-refractivity contribution in [2.45, 2.75) is 24.2 Å². The maximum absolute atomic E-state index is 9.55. The minimum Gasteiger partial charge on any atom is -0.390 e. The van der Waals surface area contributed by atoms with E-state index in [0.717, 1.165) is 17.4 Å². The molecule has 2 heterocycles. The smallest absolute Gasteiger partial charge is 0.186 e. The van der Waals surface area contributed by atoms with Crippen LogP contribution in [-0.2, 0) is 13.0 Å². The zero-order chi connectivity index (χ0) is 11.7. The first-order valence-electron chi connectivity index (χ1n) is 5.60. The molecule has 0 spiro atoms. The van der Waals surface area contributed by atoms with Crippen LogP contribution in [0.1, 0.15) is 11.4 Å². The summed E-state index contributed by atoms with van der Waals surface area (Å²) in [6, 6.07) is 10.2. The molecule has 0 saturated heterocycles. The SMILES string of the molecule is O[C@@H]1CSc2nc(Cc3ccccc3)nn2C1. The molecule has 0 saturated carbocycles. The number of thioether (sulfide) groups is 1. The van der Waals surface area contributed by atoms with Gasteiger partial charge in [-0.05, 0) is 5.56 Å². The number of hydrogen-bond acceptors (Lipinski definition) is 4. The normalized spacial score (nSPS) is 19.0. The van der Waals surface area contributed by atoms with E-state index in [2.05, 4.69) is 22.2 Å². The Kier molecular flexibility index (Phi) is 2.86. The van der Waals surface area contributed by atoms with Gasteiger partial charge in [0, 0.05) is 12.2 Å². The van der Waals surface area contributed by atoms with Gasteiger partial charge in [-0.3, -0.25) is 0 Å². The molecule has 2 aromatic rings. The molecule has 1 atom stereocenters. The van der Waals surface area contributed by atoms with Gasteiger partial charge in [0.1, 0.15) is 0 Å². The summed E-state index contributed by atoms with van der Waals surface area (Å²) >= 11 is 1.57. The summed E-state index contributed by atoms with van der Waals surface area (Å²) in [4.78, 5) is 4.48. The lowest BCUT2D eigenvalue weighted by Gasteiger charge is -2.16. The predicted octanol–water partition coefficient (Wildman–Crippen LogP) is 1.34. The highest BCUT2D eigenvalue weighted by atomic mass is 32.2. The zero-order valence-corrected chi connectivity index (χ0v) is 10.1. The lowest BCUT2D eigenvalue weighted by Crippen LogP contribution is -2.24. The van der Waals surface area contributed by atoms with Crippen molar-refractivity contribution in [3.05, 3.63) is 41.7 Å². The van der Waals surface area contributed by atoms with E-state index in [9.17, 15) is 5.11 Å². The fourth-order valence-corrected chi connectivity index (χ4v) is 2.76. The number of rotatable bonds is 2. The van der Waals surface area contributed by atoms with E-state index in [1.165, 1.54) is 5.56 Å².